The number of aryl methyl sites for hydroxylation is 2. The molecule has 1 fully saturated rings. The first-order valence-corrected chi connectivity index (χ1v) is 7.05. The van der Waals surface area contributed by atoms with Gasteiger partial charge in [-0.25, -0.2) is 0 Å². The Labute approximate surface area is 127 Å². The van der Waals surface area contributed by atoms with Gasteiger partial charge in [0, 0.05) is 20.1 Å². The molecule has 0 aromatic carbocycles. The van der Waals surface area contributed by atoms with Gasteiger partial charge < -0.3 is 10.2 Å². The van der Waals surface area contributed by atoms with Gasteiger partial charge in [0.1, 0.15) is 0 Å². The molecule has 1 saturated heterocycles. The first-order chi connectivity index (χ1) is 9.81. The van der Waals surface area contributed by atoms with E-state index in [9.17, 15) is 14.7 Å². The Morgan fingerprint density at radius 1 is 1.33 bits per heavy atom. The van der Waals surface area contributed by atoms with Crippen molar-refractivity contribution in [3.63, 3.8) is 0 Å². The Bertz CT molecular complexity index is 572. The van der Waals surface area contributed by atoms with Crippen LogP contribution in [0.5, 0.6) is 0 Å². The number of likely N-dealkylation sites (tertiary alicyclic amines) is 1. The predicted octanol–water partition coefficient (Wildman–Crippen LogP) is 0.989. The number of carboxylic acids is 2. The largest absolute Gasteiger partial charge is 0.481 e. The molecular weight excluding hydrogens is 298 g/mol. The van der Waals surface area contributed by atoms with E-state index in [4.69, 9.17) is 16.7 Å². The van der Waals surface area contributed by atoms with Crippen LogP contribution in [-0.4, -0.2) is 49.9 Å². The van der Waals surface area contributed by atoms with Crippen LogP contribution in [0.25, 0.3) is 0 Å². The molecule has 2 unspecified atom stereocenters. The molecule has 1 aliphatic heterocycles. The molecule has 8 heteroatoms. The van der Waals surface area contributed by atoms with Crippen molar-refractivity contribution in [1.82, 2.24) is 14.7 Å². The number of rotatable bonds is 4. The highest BCUT2D eigenvalue weighted by atomic mass is 35.5. The van der Waals surface area contributed by atoms with Crippen molar-refractivity contribution < 1.29 is 19.8 Å². The molecule has 2 atom stereocenters. The van der Waals surface area contributed by atoms with Crippen molar-refractivity contribution >= 4 is 23.5 Å². The minimum Gasteiger partial charge on any atom is -0.481 e. The number of aromatic nitrogens is 2. The molecule has 0 bridgehead atoms. The van der Waals surface area contributed by atoms with Crippen LogP contribution in [0, 0.1) is 18.8 Å². The van der Waals surface area contributed by atoms with Crippen LogP contribution in [0.15, 0.2) is 0 Å². The van der Waals surface area contributed by atoms with Gasteiger partial charge in [0.25, 0.3) is 0 Å². The Morgan fingerprint density at radius 2 is 1.95 bits per heavy atom. The zero-order chi connectivity index (χ0) is 15.7. The third kappa shape index (κ3) is 3.19. The zero-order valence-corrected chi connectivity index (χ0v) is 12.7. The number of nitrogens with zero attached hydrogens (tertiary/aromatic N) is 3. The monoisotopic (exact) mass is 315 g/mol. The van der Waals surface area contributed by atoms with E-state index in [2.05, 4.69) is 5.10 Å². The highest BCUT2D eigenvalue weighted by Crippen LogP contribution is 2.27. The normalized spacial score (nSPS) is 23.2. The fraction of sp³-hybridized carbons (Fsp3) is 0.615. The highest BCUT2D eigenvalue weighted by molar-refractivity contribution is 6.31. The van der Waals surface area contributed by atoms with E-state index < -0.39 is 23.8 Å². The Hall–Kier alpha value is -1.60. The lowest BCUT2D eigenvalue weighted by Crippen LogP contribution is -2.46. The van der Waals surface area contributed by atoms with Crippen molar-refractivity contribution in [1.29, 1.82) is 0 Å². The maximum Gasteiger partial charge on any atom is 0.308 e. The molecule has 7 nitrogen and oxygen atoms in total. The number of hydrogen-bond donors (Lipinski definition) is 2. The van der Waals surface area contributed by atoms with E-state index in [-0.39, 0.29) is 6.54 Å². The summed E-state index contributed by atoms with van der Waals surface area (Å²) in [6, 6.07) is 0. The van der Waals surface area contributed by atoms with Gasteiger partial charge in [0.05, 0.1) is 28.2 Å². The third-order valence-electron chi connectivity index (χ3n) is 3.97. The number of carboxylic acid groups (broad SMARTS) is 2. The number of halogens is 1. The van der Waals surface area contributed by atoms with Crippen LogP contribution in [0.2, 0.25) is 5.02 Å². The van der Waals surface area contributed by atoms with Crippen LogP contribution in [0.3, 0.4) is 0 Å². The van der Waals surface area contributed by atoms with Gasteiger partial charge in [0.15, 0.2) is 0 Å². The summed E-state index contributed by atoms with van der Waals surface area (Å²) in [5, 5.41) is 23.1. The first-order valence-electron chi connectivity index (χ1n) is 6.67. The van der Waals surface area contributed by atoms with Crippen LogP contribution < -0.4 is 0 Å². The molecule has 0 radical (unpaired) electrons. The SMILES string of the molecule is Cc1nn(C)c(CN2CCC(C(=O)O)C(C(=O)O)C2)c1Cl. The predicted molar refractivity (Wildman–Crippen MR) is 75.1 cm³/mol. The van der Waals surface area contributed by atoms with Gasteiger partial charge in [-0.15, -0.1) is 0 Å². The lowest BCUT2D eigenvalue weighted by atomic mass is 9.85. The van der Waals surface area contributed by atoms with Gasteiger partial charge in [-0.1, -0.05) is 11.6 Å². The lowest BCUT2D eigenvalue weighted by Gasteiger charge is -2.34. The summed E-state index contributed by atoms with van der Waals surface area (Å²) < 4.78 is 1.68. The maximum atomic E-state index is 11.3. The minimum atomic E-state index is -1.07. The second-order valence-corrected chi connectivity index (χ2v) is 5.76. The summed E-state index contributed by atoms with van der Waals surface area (Å²) in [5.41, 5.74) is 1.54. The second-order valence-electron chi connectivity index (χ2n) is 5.38. The molecule has 0 spiro atoms. The van der Waals surface area contributed by atoms with Crippen molar-refractivity contribution in [3.05, 3.63) is 16.4 Å². The molecule has 21 heavy (non-hydrogen) atoms. The molecule has 0 saturated carbocycles. The van der Waals surface area contributed by atoms with E-state index in [1.807, 2.05) is 11.8 Å². The van der Waals surface area contributed by atoms with Crippen molar-refractivity contribution in [2.45, 2.75) is 19.9 Å². The molecule has 0 amide bonds. The number of piperidine rings is 1. The summed E-state index contributed by atoms with van der Waals surface area (Å²) in [5.74, 6) is -3.84. The number of hydrogen-bond acceptors (Lipinski definition) is 4. The lowest BCUT2D eigenvalue weighted by molar-refractivity contribution is -0.157. The summed E-state index contributed by atoms with van der Waals surface area (Å²) in [6.45, 7) is 3.00. The van der Waals surface area contributed by atoms with Gasteiger partial charge in [-0.3, -0.25) is 19.2 Å². The molecule has 1 aromatic heterocycles. The van der Waals surface area contributed by atoms with E-state index >= 15 is 0 Å². The molecule has 1 aromatic rings. The molecule has 0 aliphatic carbocycles. The smallest absolute Gasteiger partial charge is 0.308 e. The van der Waals surface area contributed by atoms with Gasteiger partial charge in [-0.2, -0.15) is 5.10 Å². The van der Waals surface area contributed by atoms with Crippen molar-refractivity contribution in [3.8, 4) is 0 Å². The van der Waals surface area contributed by atoms with Crippen molar-refractivity contribution in [2.24, 2.45) is 18.9 Å². The van der Waals surface area contributed by atoms with Crippen molar-refractivity contribution in [2.75, 3.05) is 13.1 Å². The minimum absolute atomic E-state index is 0.201. The Kier molecular flexibility index (Phi) is 4.53. The van der Waals surface area contributed by atoms with Crippen LogP contribution in [0.4, 0.5) is 0 Å². The molecule has 1 aliphatic rings. The number of carbonyl (C=O) groups is 2. The molecule has 2 heterocycles. The third-order valence-corrected chi connectivity index (χ3v) is 4.46. The van der Waals surface area contributed by atoms with Gasteiger partial charge >= 0.3 is 11.9 Å². The Balaban J connectivity index is 2.13. The second kappa shape index (κ2) is 6.03. The summed E-state index contributed by atoms with van der Waals surface area (Å²) in [7, 11) is 1.78. The van der Waals surface area contributed by atoms with Crippen LogP contribution >= 0.6 is 11.6 Å². The quantitative estimate of drug-likeness (QED) is 0.860. The molecule has 116 valence electrons. The van der Waals surface area contributed by atoms with E-state index in [1.165, 1.54) is 0 Å². The summed E-state index contributed by atoms with van der Waals surface area (Å²) >= 11 is 6.19. The van der Waals surface area contributed by atoms with E-state index in [0.29, 0.717) is 24.5 Å². The van der Waals surface area contributed by atoms with Crippen LogP contribution in [-0.2, 0) is 23.2 Å². The maximum absolute atomic E-state index is 11.3. The van der Waals surface area contributed by atoms with Gasteiger partial charge in [-0.05, 0) is 19.9 Å². The molecule has 2 rings (SSSR count). The number of aliphatic carboxylic acids is 2. The zero-order valence-electron chi connectivity index (χ0n) is 11.9. The average Bonchev–Trinajstić information content (AvgIpc) is 2.65. The first kappa shape index (κ1) is 15.8. The fourth-order valence-corrected chi connectivity index (χ4v) is 2.99. The topological polar surface area (TPSA) is 95.7 Å². The standard InChI is InChI=1S/C13H18ClN3O4/c1-7-11(14)10(16(2)15-7)6-17-4-3-8(12(18)19)9(5-17)13(20)21/h8-9H,3-6H2,1-2H3,(H,18,19)(H,20,21). The molecule has 2 N–H and O–H groups in total. The Morgan fingerprint density at radius 3 is 2.43 bits per heavy atom. The van der Waals surface area contributed by atoms with E-state index in [1.54, 1.807) is 11.7 Å². The van der Waals surface area contributed by atoms with Crippen LogP contribution in [0.1, 0.15) is 17.8 Å². The van der Waals surface area contributed by atoms with Gasteiger partial charge in [0.2, 0.25) is 0 Å². The van der Waals surface area contributed by atoms with E-state index in [0.717, 1.165) is 11.4 Å². The average molecular weight is 316 g/mol. The fourth-order valence-electron chi connectivity index (χ4n) is 2.77. The molecular formula is C13H18ClN3O4. The summed E-state index contributed by atoms with van der Waals surface area (Å²) in [4.78, 5) is 24.3. The summed E-state index contributed by atoms with van der Waals surface area (Å²) in [6.07, 6.45) is 0.320. The highest BCUT2D eigenvalue weighted by Gasteiger charge is 2.38.